The zero-order valence-electron chi connectivity index (χ0n) is 11.1. The number of methoxy groups -OCH3 is 1. The molecule has 98 valence electrons. The molecule has 0 atom stereocenters. The number of rotatable bonds is 2. The lowest BCUT2D eigenvalue weighted by Crippen LogP contribution is -1.96. The summed E-state index contributed by atoms with van der Waals surface area (Å²) in [6.45, 7) is 4.02. The molecule has 3 rings (SSSR count). The highest BCUT2D eigenvalue weighted by atomic mass is 32.1. The molecule has 19 heavy (non-hydrogen) atoms. The smallest absolute Gasteiger partial charge is 0.196 e. The van der Waals surface area contributed by atoms with Gasteiger partial charge in [0, 0.05) is 10.4 Å². The highest BCUT2D eigenvalue weighted by Gasteiger charge is 2.16. The van der Waals surface area contributed by atoms with Crippen molar-refractivity contribution in [2.45, 2.75) is 13.8 Å². The molecule has 1 aromatic carbocycles. The Balaban J connectivity index is 2.25. The molecule has 2 aromatic heterocycles. The SMILES string of the molecule is COc1ccc(-c2c(C)sc3nc(C)c(N)n23)cc1. The molecule has 0 aliphatic rings. The summed E-state index contributed by atoms with van der Waals surface area (Å²) in [6.07, 6.45) is 0. The molecule has 0 saturated heterocycles. The third-order valence-electron chi connectivity index (χ3n) is 3.23. The number of imidazole rings is 1. The quantitative estimate of drug-likeness (QED) is 0.779. The van der Waals surface area contributed by atoms with E-state index in [9.17, 15) is 0 Å². The van der Waals surface area contributed by atoms with E-state index in [4.69, 9.17) is 10.5 Å². The van der Waals surface area contributed by atoms with E-state index in [1.807, 2.05) is 35.6 Å². The largest absolute Gasteiger partial charge is 0.497 e. The molecule has 5 heteroatoms. The van der Waals surface area contributed by atoms with E-state index in [1.54, 1.807) is 18.4 Å². The zero-order chi connectivity index (χ0) is 13.6. The first-order valence-corrected chi connectivity index (χ1v) is 6.82. The van der Waals surface area contributed by atoms with Crippen LogP contribution >= 0.6 is 11.3 Å². The van der Waals surface area contributed by atoms with Gasteiger partial charge in [-0.3, -0.25) is 4.40 Å². The van der Waals surface area contributed by atoms with Crippen molar-refractivity contribution in [3.05, 3.63) is 34.8 Å². The van der Waals surface area contributed by atoms with Gasteiger partial charge >= 0.3 is 0 Å². The fourth-order valence-corrected chi connectivity index (χ4v) is 3.27. The van der Waals surface area contributed by atoms with Crippen LogP contribution in [0.5, 0.6) is 5.75 Å². The molecule has 0 aliphatic heterocycles. The third-order valence-corrected chi connectivity index (χ3v) is 4.19. The van der Waals surface area contributed by atoms with Crippen LogP contribution in [-0.4, -0.2) is 16.5 Å². The first-order valence-electron chi connectivity index (χ1n) is 6.00. The molecule has 0 unspecified atom stereocenters. The standard InChI is InChI=1S/C14H15N3OS/c1-8-13(15)17-12(9(2)19-14(17)16-8)10-4-6-11(18-3)7-5-10/h4-7H,15H2,1-3H3. The highest BCUT2D eigenvalue weighted by Crippen LogP contribution is 2.34. The van der Waals surface area contributed by atoms with Gasteiger partial charge in [0.05, 0.1) is 18.5 Å². The minimum Gasteiger partial charge on any atom is -0.497 e. The lowest BCUT2D eigenvalue weighted by molar-refractivity contribution is 0.415. The number of thiazole rings is 1. The predicted octanol–water partition coefficient (Wildman–Crippen LogP) is 3.27. The van der Waals surface area contributed by atoms with Crippen LogP contribution in [0.15, 0.2) is 24.3 Å². The van der Waals surface area contributed by atoms with Gasteiger partial charge in [-0.05, 0) is 38.1 Å². The van der Waals surface area contributed by atoms with E-state index in [2.05, 4.69) is 11.9 Å². The summed E-state index contributed by atoms with van der Waals surface area (Å²) in [5, 5.41) is 0. The van der Waals surface area contributed by atoms with Crippen LogP contribution in [0.3, 0.4) is 0 Å². The molecule has 4 nitrogen and oxygen atoms in total. The summed E-state index contributed by atoms with van der Waals surface area (Å²) < 4.78 is 7.22. The molecule has 0 bridgehead atoms. The van der Waals surface area contributed by atoms with Gasteiger partial charge in [-0.15, -0.1) is 11.3 Å². The van der Waals surface area contributed by atoms with Crippen molar-refractivity contribution in [3.63, 3.8) is 0 Å². The van der Waals surface area contributed by atoms with Gasteiger partial charge in [-0.1, -0.05) is 0 Å². The normalized spacial score (nSPS) is 11.1. The monoisotopic (exact) mass is 273 g/mol. The Morgan fingerprint density at radius 1 is 1.21 bits per heavy atom. The third kappa shape index (κ3) is 1.77. The zero-order valence-corrected chi connectivity index (χ0v) is 11.9. The number of hydrogen-bond donors (Lipinski definition) is 1. The molecule has 0 spiro atoms. The lowest BCUT2D eigenvalue weighted by atomic mass is 10.1. The Hall–Kier alpha value is -2.01. The van der Waals surface area contributed by atoms with E-state index in [-0.39, 0.29) is 0 Å². The maximum atomic E-state index is 6.13. The number of anilines is 1. The van der Waals surface area contributed by atoms with Crippen LogP contribution in [0.1, 0.15) is 10.6 Å². The van der Waals surface area contributed by atoms with E-state index in [1.165, 1.54) is 4.88 Å². The number of ether oxygens (including phenoxy) is 1. The lowest BCUT2D eigenvalue weighted by Gasteiger charge is -2.05. The van der Waals surface area contributed by atoms with Crippen molar-refractivity contribution in [1.82, 2.24) is 9.38 Å². The Morgan fingerprint density at radius 3 is 2.53 bits per heavy atom. The van der Waals surface area contributed by atoms with Crippen LogP contribution < -0.4 is 10.5 Å². The second kappa shape index (κ2) is 4.28. The second-order valence-electron chi connectivity index (χ2n) is 4.44. The molecular weight excluding hydrogens is 258 g/mol. The van der Waals surface area contributed by atoms with Crippen molar-refractivity contribution in [1.29, 1.82) is 0 Å². The number of benzene rings is 1. The van der Waals surface area contributed by atoms with Crippen LogP contribution in [0.25, 0.3) is 16.2 Å². The summed E-state index contributed by atoms with van der Waals surface area (Å²) >= 11 is 1.66. The number of hydrogen-bond acceptors (Lipinski definition) is 4. The maximum Gasteiger partial charge on any atom is 0.196 e. The molecule has 0 amide bonds. The van der Waals surface area contributed by atoms with Crippen LogP contribution in [0.4, 0.5) is 5.82 Å². The van der Waals surface area contributed by atoms with Gasteiger partial charge in [0.15, 0.2) is 4.96 Å². The summed E-state index contributed by atoms with van der Waals surface area (Å²) in [5.41, 5.74) is 9.24. The minimum atomic E-state index is 0.713. The van der Waals surface area contributed by atoms with E-state index in [0.717, 1.165) is 27.7 Å². The van der Waals surface area contributed by atoms with E-state index in [0.29, 0.717) is 5.82 Å². The van der Waals surface area contributed by atoms with Crippen molar-refractivity contribution < 1.29 is 4.74 Å². The number of nitrogens with two attached hydrogens (primary N) is 1. The summed E-state index contributed by atoms with van der Waals surface area (Å²) in [7, 11) is 1.67. The molecule has 0 radical (unpaired) electrons. The van der Waals surface area contributed by atoms with Crippen LogP contribution in [0.2, 0.25) is 0 Å². The van der Waals surface area contributed by atoms with E-state index < -0.39 is 0 Å². The first kappa shape index (κ1) is 12.0. The molecule has 0 aliphatic carbocycles. The number of fused-ring (bicyclic) bond motifs is 1. The predicted molar refractivity (Wildman–Crippen MR) is 78.9 cm³/mol. The molecule has 2 heterocycles. The minimum absolute atomic E-state index is 0.713. The summed E-state index contributed by atoms with van der Waals surface area (Å²) in [5.74, 6) is 1.56. The molecule has 3 aromatic rings. The van der Waals surface area contributed by atoms with Gasteiger partial charge in [-0.25, -0.2) is 4.98 Å². The maximum absolute atomic E-state index is 6.13. The molecular formula is C14H15N3OS. The first-order chi connectivity index (χ1) is 9.11. The Labute approximate surface area is 115 Å². The molecule has 0 fully saturated rings. The Bertz CT molecular complexity index is 740. The van der Waals surface area contributed by atoms with Crippen molar-refractivity contribution in [2.24, 2.45) is 0 Å². The van der Waals surface area contributed by atoms with Gasteiger partial charge in [0.2, 0.25) is 0 Å². The van der Waals surface area contributed by atoms with Gasteiger partial charge in [0.1, 0.15) is 11.6 Å². The number of aryl methyl sites for hydroxylation is 2. The summed E-state index contributed by atoms with van der Waals surface area (Å²) in [6, 6.07) is 8.00. The number of aromatic nitrogens is 2. The Kier molecular flexibility index (Phi) is 2.71. The average Bonchev–Trinajstić information content (AvgIpc) is 2.86. The Morgan fingerprint density at radius 2 is 1.89 bits per heavy atom. The second-order valence-corrected chi connectivity index (χ2v) is 5.62. The van der Waals surface area contributed by atoms with Crippen LogP contribution in [-0.2, 0) is 0 Å². The number of nitrogens with zero attached hydrogens (tertiary/aromatic N) is 2. The fourth-order valence-electron chi connectivity index (χ4n) is 2.22. The van der Waals surface area contributed by atoms with Gasteiger partial charge < -0.3 is 10.5 Å². The molecule has 0 saturated carbocycles. The average molecular weight is 273 g/mol. The fraction of sp³-hybridized carbons (Fsp3) is 0.214. The van der Waals surface area contributed by atoms with Crippen molar-refractivity contribution >= 4 is 22.1 Å². The van der Waals surface area contributed by atoms with Crippen molar-refractivity contribution in [3.8, 4) is 17.0 Å². The van der Waals surface area contributed by atoms with Crippen LogP contribution in [0, 0.1) is 13.8 Å². The molecule has 2 N–H and O–H groups in total. The van der Waals surface area contributed by atoms with Crippen molar-refractivity contribution in [2.75, 3.05) is 12.8 Å². The summed E-state index contributed by atoms with van der Waals surface area (Å²) in [4.78, 5) is 6.64. The highest BCUT2D eigenvalue weighted by molar-refractivity contribution is 7.17. The van der Waals surface area contributed by atoms with E-state index >= 15 is 0 Å². The van der Waals surface area contributed by atoms with Gasteiger partial charge in [-0.2, -0.15) is 0 Å². The number of nitrogen functional groups attached to an aromatic ring is 1. The van der Waals surface area contributed by atoms with Gasteiger partial charge in [0.25, 0.3) is 0 Å². The topological polar surface area (TPSA) is 52.5 Å².